The van der Waals surface area contributed by atoms with E-state index in [4.69, 9.17) is 23.2 Å². The topological polar surface area (TPSA) is 66.5 Å². The molecule has 1 amide bonds. The van der Waals surface area contributed by atoms with Gasteiger partial charge in [0.15, 0.2) is 0 Å². The van der Waals surface area contributed by atoms with Gasteiger partial charge in [-0.05, 0) is 36.2 Å². The summed E-state index contributed by atoms with van der Waals surface area (Å²) in [4.78, 5) is 12.6. The van der Waals surface area contributed by atoms with E-state index >= 15 is 0 Å². The Morgan fingerprint density at radius 1 is 0.968 bits per heavy atom. The van der Waals surface area contributed by atoms with Crippen molar-refractivity contribution in [3.63, 3.8) is 0 Å². The minimum atomic E-state index is -4.09. The van der Waals surface area contributed by atoms with Crippen LogP contribution in [-0.4, -0.2) is 25.2 Å². The van der Waals surface area contributed by atoms with Crippen molar-refractivity contribution in [1.29, 1.82) is 0 Å². The van der Waals surface area contributed by atoms with Crippen LogP contribution in [-0.2, 0) is 21.4 Å². The molecule has 0 aliphatic heterocycles. The summed E-state index contributed by atoms with van der Waals surface area (Å²) in [5.41, 5.74) is 1.67. The van der Waals surface area contributed by atoms with Crippen molar-refractivity contribution in [1.82, 2.24) is 9.62 Å². The third-order valence-corrected chi connectivity index (χ3v) is 7.22. The van der Waals surface area contributed by atoms with Crippen LogP contribution in [0.25, 0.3) is 0 Å². The zero-order valence-electron chi connectivity index (χ0n) is 16.8. The minimum Gasteiger partial charge on any atom is -0.348 e. The normalized spacial score (nSPS) is 12.5. The average Bonchev–Trinajstić information content (AvgIpc) is 2.76. The number of hydrogen-bond acceptors (Lipinski definition) is 3. The van der Waals surface area contributed by atoms with E-state index in [2.05, 4.69) is 5.32 Å². The Balaban J connectivity index is 1.87. The molecule has 1 N–H and O–H groups in total. The van der Waals surface area contributed by atoms with Gasteiger partial charge < -0.3 is 5.32 Å². The number of hydrogen-bond donors (Lipinski definition) is 1. The number of benzene rings is 3. The number of amides is 1. The summed E-state index contributed by atoms with van der Waals surface area (Å²) in [6.45, 7) is 1.49. The molecule has 5 nitrogen and oxygen atoms in total. The smallest absolute Gasteiger partial charge is 0.245 e. The molecule has 31 heavy (non-hydrogen) atoms. The second-order valence-electron chi connectivity index (χ2n) is 7.03. The van der Waals surface area contributed by atoms with E-state index in [1.54, 1.807) is 12.1 Å². The van der Waals surface area contributed by atoms with E-state index in [1.807, 2.05) is 55.5 Å². The first kappa shape index (κ1) is 23.3. The third-order valence-electron chi connectivity index (χ3n) is 4.71. The van der Waals surface area contributed by atoms with Crippen LogP contribution in [0.4, 0.5) is 0 Å². The quantitative estimate of drug-likeness (QED) is 0.493. The maximum absolute atomic E-state index is 13.4. The summed E-state index contributed by atoms with van der Waals surface area (Å²) in [6, 6.07) is 22.5. The number of nitrogens with one attached hydrogen (secondary N) is 1. The lowest BCUT2D eigenvalue weighted by atomic mass is 10.1. The molecule has 0 aromatic heterocycles. The standard InChI is InChI=1S/C23H22Cl2N2O3S/c1-17(19-10-6-3-7-11-19)26-23(28)16-27(15-18-8-4-2-5-9-18)31(29,30)22-14-20(24)12-13-21(22)25/h2-14,17H,15-16H2,1H3,(H,26,28). The Labute approximate surface area is 192 Å². The molecule has 3 rings (SSSR count). The molecular formula is C23H22Cl2N2O3S. The first-order chi connectivity index (χ1) is 14.8. The van der Waals surface area contributed by atoms with Crippen molar-refractivity contribution in [3.8, 4) is 0 Å². The number of carbonyl (C=O) groups is 1. The molecule has 0 radical (unpaired) electrons. The summed E-state index contributed by atoms with van der Waals surface area (Å²) >= 11 is 12.2. The number of carbonyl (C=O) groups excluding carboxylic acids is 1. The van der Waals surface area contributed by atoms with E-state index in [0.29, 0.717) is 0 Å². The Bertz CT molecular complexity index is 1140. The molecular weight excluding hydrogens is 455 g/mol. The molecule has 3 aromatic carbocycles. The van der Waals surface area contributed by atoms with Gasteiger partial charge in [-0.3, -0.25) is 4.79 Å². The van der Waals surface area contributed by atoms with Gasteiger partial charge in [0.1, 0.15) is 4.90 Å². The highest BCUT2D eigenvalue weighted by atomic mass is 35.5. The Kier molecular flexibility index (Phi) is 7.73. The molecule has 0 saturated carbocycles. The van der Waals surface area contributed by atoms with Crippen molar-refractivity contribution in [3.05, 3.63) is 100 Å². The molecule has 0 saturated heterocycles. The van der Waals surface area contributed by atoms with Gasteiger partial charge in [0.2, 0.25) is 15.9 Å². The van der Waals surface area contributed by atoms with Gasteiger partial charge in [-0.25, -0.2) is 8.42 Å². The zero-order valence-corrected chi connectivity index (χ0v) is 19.2. The summed E-state index contributed by atoms with van der Waals surface area (Å²) in [5, 5.41) is 3.14. The van der Waals surface area contributed by atoms with Crippen LogP contribution in [0.15, 0.2) is 83.8 Å². The molecule has 0 bridgehead atoms. The predicted octanol–water partition coefficient (Wildman–Crippen LogP) is 5.06. The molecule has 3 aromatic rings. The fourth-order valence-corrected chi connectivity index (χ4v) is 5.22. The molecule has 0 aliphatic carbocycles. The van der Waals surface area contributed by atoms with Crippen LogP contribution < -0.4 is 5.32 Å². The van der Waals surface area contributed by atoms with Gasteiger partial charge in [-0.2, -0.15) is 4.31 Å². The molecule has 1 atom stereocenters. The Hall–Kier alpha value is -2.38. The first-order valence-corrected chi connectivity index (χ1v) is 11.8. The third kappa shape index (κ3) is 6.08. The highest BCUT2D eigenvalue weighted by Crippen LogP contribution is 2.28. The molecule has 162 valence electrons. The van der Waals surface area contributed by atoms with Crippen molar-refractivity contribution in [2.45, 2.75) is 24.4 Å². The molecule has 0 fully saturated rings. The summed E-state index contributed by atoms with van der Waals surface area (Å²) in [5.74, 6) is -0.422. The number of halogens is 2. The second-order valence-corrected chi connectivity index (χ2v) is 9.78. The summed E-state index contributed by atoms with van der Waals surface area (Å²) in [7, 11) is -4.09. The Morgan fingerprint density at radius 2 is 1.58 bits per heavy atom. The lowest BCUT2D eigenvalue weighted by Crippen LogP contribution is -2.41. The lowest BCUT2D eigenvalue weighted by molar-refractivity contribution is -0.122. The lowest BCUT2D eigenvalue weighted by Gasteiger charge is -2.24. The van der Waals surface area contributed by atoms with Crippen LogP contribution in [0.5, 0.6) is 0 Å². The maximum atomic E-state index is 13.4. The SMILES string of the molecule is CC(NC(=O)CN(Cc1ccccc1)S(=O)(=O)c1cc(Cl)ccc1Cl)c1ccccc1. The predicted molar refractivity (Wildman–Crippen MR) is 123 cm³/mol. The van der Waals surface area contributed by atoms with E-state index in [9.17, 15) is 13.2 Å². The van der Waals surface area contributed by atoms with Crippen LogP contribution in [0, 0.1) is 0 Å². The largest absolute Gasteiger partial charge is 0.348 e. The average molecular weight is 477 g/mol. The number of sulfonamides is 1. The van der Waals surface area contributed by atoms with Gasteiger partial charge in [-0.15, -0.1) is 0 Å². The molecule has 8 heteroatoms. The van der Waals surface area contributed by atoms with Crippen LogP contribution >= 0.6 is 23.2 Å². The van der Waals surface area contributed by atoms with Gasteiger partial charge in [0, 0.05) is 11.6 Å². The van der Waals surface area contributed by atoms with E-state index in [0.717, 1.165) is 15.4 Å². The fourth-order valence-electron chi connectivity index (χ4n) is 3.10. The highest BCUT2D eigenvalue weighted by Gasteiger charge is 2.29. The second kappa shape index (κ2) is 10.3. The van der Waals surface area contributed by atoms with Crippen molar-refractivity contribution in [2.24, 2.45) is 0 Å². The highest BCUT2D eigenvalue weighted by molar-refractivity contribution is 7.89. The van der Waals surface area contributed by atoms with E-state index in [1.165, 1.54) is 18.2 Å². The van der Waals surface area contributed by atoms with Crippen LogP contribution in [0.2, 0.25) is 10.0 Å². The number of nitrogens with zero attached hydrogens (tertiary/aromatic N) is 1. The Morgan fingerprint density at radius 3 is 2.23 bits per heavy atom. The van der Waals surface area contributed by atoms with Gasteiger partial charge in [0.05, 0.1) is 17.6 Å². The monoisotopic (exact) mass is 476 g/mol. The van der Waals surface area contributed by atoms with Crippen LogP contribution in [0.3, 0.4) is 0 Å². The first-order valence-electron chi connectivity index (χ1n) is 9.61. The van der Waals surface area contributed by atoms with E-state index in [-0.39, 0.29) is 34.1 Å². The molecule has 0 spiro atoms. The van der Waals surface area contributed by atoms with Gasteiger partial charge in [0.25, 0.3) is 0 Å². The van der Waals surface area contributed by atoms with Crippen molar-refractivity contribution in [2.75, 3.05) is 6.54 Å². The maximum Gasteiger partial charge on any atom is 0.245 e. The van der Waals surface area contributed by atoms with Crippen molar-refractivity contribution >= 4 is 39.1 Å². The molecule has 0 aliphatic rings. The minimum absolute atomic E-state index is 0.0130. The van der Waals surface area contributed by atoms with Gasteiger partial charge >= 0.3 is 0 Å². The van der Waals surface area contributed by atoms with Crippen molar-refractivity contribution < 1.29 is 13.2 Å². The molecule has 1 unspecified atom stereocenters. The van der Waals surface area contributed by atoms with Crippen LogP contribution in [0.1, 0.15) is 24.1 Å². The summed E-state index contributed by atoms with van der Waals surface area (Å²) < 4.78 is 27.9. The van der Waals surface area contributed by atoms with Gasteiger partial charge in [-0.1, -0.05) is 83.9 Å². The fraction of sp³-hybridized carbons (Fsp3) is 0.174. The number of rotatable bonds is 8. The summed E-state index contributed by atoms with van der Waals surface area (Å²) in [6.07, 6.45) is 0. The molecule has 0 heterocycles. The zero-order chi connectivity index (χ0) is 22.4. The van der Waals surface area contributed by atoms with E-state index < -0.39 is 15.9 Å².